The van der Waals surface area contributed by atoms with Crippen molar-refractivity contribution < 1.29 is 4.74 Å². The molecule has 20 heavy (non-hydrogen) atoms. The Balaban J connectivity index is 1.90. The highest BCUT2D eigenvalue weighted by molar-refractivity contribution is 9.10. The minimum Gasteiger partial charge on any atom is -0.495 e. The summed E-state index contributed by atoms with van der Waals surface area (Å²) in [6.07, 6.45) is 3.45. The molecule has 0 aliphatic heterocycles. The van der Waals surface area contributed by atoms with E-state index in [1.54, 1.807) is 18.4 Å². The van der Waals surface area contributed by atoms with Gasteiger partial charge in [0, 0.05) is 9.35 Å². The Morgan fingerprint density at radius 2 is 2.25 bits per heavy atom. The molecule has 0 fully saturated rings. The van der Waals surface area contributed by atoms with Crippen LogP contribution in [0.25, 0.3) is 0 Å². The molecular formula is C15H15BrClNOS. The number of ether oxygens (including phenoxy) is 1. The number of aryl methyl sites for hydroxylation is 1. The van der Waals surface area contributed by atoms with Crippen LogP contribution in [0.5, 0.6) is 5.75 Å². The van der Waals surface area contributed by atoms with Crippen molar-refractivity contribution in [1.82, 2.24) is 0 Å². The average Bonchev–Trinajstić information content (AvgIpc) is 2.80. The van der Waals surface area contributed by atoms with E-state index in [1.807, 2.05) is 12.1 Å². The van der Waals surface area contributed by atoms with Crippen LogP contribution in [-0.4, -0.2) is 7.11 Å². The lowest BCUT2D eigenvalue weighted by molar-refractivity contribution is 0.415. The van der Waals surface area contributed by atoms with Crippen LogP contribution in [-0.2, 0) is 6.42 Å². The highest BCUT2D eigenvalue weighted by Gasteiger charge is 2.23. The molecule has 1 N–H and O–H groups in total. The number of fused-ring (bicyclic) bond motifs is 1. The highest BCUT2D eigenvalue weighted by atomic mass is 79.9. The van der Waals surface area contributed by atoms with Gasteiger partial charge in [-0.15, -0.1) is 11.3 Å². The smallest absolute Gasteiger partial charge is 0.142 e. The molecule has 0 radical (unpaired) electrons. The third kappa shape index (κ3) is 2.83. The normalized spacial score (nSPS) is 17.6. The van der Waals surface area contributed by atoms with E-state index in [-0.39, 0.29) is 0 Å². The first-order chi connectivity index (χ1) is 9.67. The molecule has 1 aromatic carbocycles. The van der Waals surface area contributed by atoms with Crippen molar-refractivity contribution >= 4 is 44.6 Å². The maximum atomic E-state index is 6.16. The number of hydrogen-bond acceptors (Lipinski definition) is 3. The van der Waals surface area contributed by atoms with E-state index in [2.05, 4.69) is 33.4 Å². The van der Waals surface area contributed by atoms with Crippen LogP contribution in [0.3, 0.4) is 0 Å². The lowest BCUT2D eigenvalue weighted by Crippen LogP contribution is -2.16. The van der Waals surface area contributed by atoms with Crippen LogP contribution < -0.4 is 10.1 Å². The van der Waals surface area contributed by atoms with Gasteiger partial charge in [-0.1, -0.05) is 27.5 Å². The first-order valence-electron chi connectivity index (χ1n) is 6.55. The molecule has 0 saturated carbocycles. The minimum atomic E-state index is 0.311. The first kappa shape index (κ1) is 14.2. The molecule has 1 aliphatic carbocycles. The zero-order valence-electron chi connectivity index (χ0n) is 11.1. The van der Waals surface area contributed by atoms with Gasteiger partial charge in [-0.2, -0.15) is 0 Å². The van der Waals surface area contributed by atoms with Gasteiger partial charge in [0.25, 0.3) is 0 Å². The quantitative estimate of drug-likeness (QED) is 0.750. The average molecular weight is 373 g/mol. The third-order valence-electron chi connectivity index (χ3n) is 3.57. The monoisotopic (exact) mass is 371 g/mol. The number of thiophene rings is 1. The third-order valence-corrected chi connectivity index (χ3v) is 5.41. The summed E-state index contributed by atoms with van der Waals surface area (Å²) in [7, 11) is 1.70. The maximum absolute atomic E-state index is 6.16. The molecule has 1 aromatic heterocycles. The standard InChI is InChI=1S/C15H15BrClNOS/c1-19-13-6-5-9(16)7-12(13)18-11-3-2-4-14-10(11)8-15(17)20-14/h5-8,11,18H,2-4H2,1H3. The molecule has 0 saturated heterocycles. The van der Waals surface area contributed by atoms with Crippen molar-refractivity contribution in [2.45, 2.75) is 25.3 Å². The van der Waals surface area contributed by atoms with Crippen molar-refractivity contribution in [2.24, 2.45) is 0 Å². The number of methoxy groups -OCH3 is 1. The second-order valence-electron chi connectivity index (χ2n) is 4.86. The predicted octanol–water partition coefficient (Wildman–Crippen LogP) is 5.66. The lowest BCUT2D eigenvalue weighted by Gasteiger charge is -2.25. The Labute approximate surface area is 136 Å². The van der Waals surface area contributed by atoms with Crippen LogP contribution in [0.1, 0.15) is 29.3 Å². The summed E-state index contributed by atoms with van der Waals surface area (Å²) in [5.74, 6) is 0.863. The fourth-order valence-electron chi connectivity index (χ4n) is 2.65. The van der Waals surface area contributed by atoms with Crippen molar-refractivity contribution in [1.29, 1.82) is 0 Å². The van der Waals surface area contributed by atoms with E-state index >= 15 is 0 Å². The number of halogens is 2. The van der Waals surface area contributed by atoms with Crippen LogP contribution in [0.2, 0.25) is 4.34 Å². The van der Waals surface area contributed by atoms with E-state index in [1.165, 1.54) is 16.9 Å². The van der Waals surface area contributed by atoms with Gasteiger partial charge >= 0.3 is 0 Å². The molecule has 0 spiro atoms. The van der Waals surface area contributed by atoms with Crippen LogP contribution in [0.4, 0.5) is 5.69 Å². The van der Waals surface area contributed by atoms with Crippen LogP contribution in [0.15, 0.2) is 28.7 Å². The van der Waals surface area contributed by atoms with Crippen molar-refractivity contribution in [3.63, 3.8) is 0 Å². The van der Waals surface area contributed by atoms with Gasteiger partial charge in [0.05, 0.1) is 23.2 Å². The Morgan fingerprint density at radius 3 is 3.05 bits per heavy atom. The largest absolute Gasteiger partial charge is 0.495 e. The van der Waals surface area contributed by atoms with Crippen LogP contribution in [0, 0.1) is 0 Å². The lowest BCUT2D eigenvalue weighted by atomic mass is 9.94. The summed E-state index contributed by atoms with van der Waals surface area (Å²) in [6, 6.07) is 8.42. The van der Waals surface area contributed by atoms with E-state index in [0.717, 1.165) is 33.1 Å². The number of benzene rings is 1. The van der Waals surface area contributed by atoms with Crippen molar-refractivity contribution in [2.75, 3.05) is 12.4 Å². The summed E-state index contributed by atoms with van der Waals surface area (Å²) in [5.41, 5.74) is 2.36. The van der Waals surface area contributed by atoms with E-state index in [0.29, 0.717) is 6.04 Å². The highest BCUT2D eigenvalue weighted by Crippen LogP contribution is 2.41. The topological polar surface area (TPSA) is 21.3 Å². The number of hydrogen-bond donors (Lipinski definition) is 1. The van der Waals surface area contributed by atoms with E-state index < -0.39 is 0 Å². The summed E-state index contributed by atoms with van der Waals surface area (Å²) in [6.45, 7) is 0. The van der Waals surface area contributed by atoms with Gasteiger partial charge in [0.1, 0.15) is 5.75 Å². The zero-order valence-corrected chi connectivity index (χ0v) is 14.2. The van der Waals surface area contributed by atoms with Crippen LogP contribution >= 0.6 is 38.9 Å². The Hall–Kier alpha value is -0.710. The fraction of sp³-hybridized carbons (Fsp3) is 0.333. The fourth-order valence-corrected chi connectivity index (χ4v) is 4.40. The first-order valence-corrected chi connectivity index (χ1v) is 8.54. The molecule has 5 heteroatoms. The predicted molar refractivity (Wildman–Crippen MR) is 89.3 cm³/mol. The van der Waals surface area contributed by atoms with Gasteiger partial charge in [0.15, 0.2) is 0 Å². The molecule has 1 unspecified atom stereocenters. The van der Waals surface area contributed by atoms with Gasteiger partial charge in [-0.05, 0) is 49.1 Å². The summed E-state index contributed by atoms with van der Waals surface area (Å²) < 4.78 is 7.35. The Bertz CT molecular complexity index is 628. The molecule has 2 aromatic rings. The zero-order chi connectivity index (χ0) is 14.1. The summed E-state index contributed by atoms with van der Waals surface area (Å²) in [4.78, 5) is 1.41. The second kappa shape index (κ2) is 5.96. The molecule has 2 nitrogen and oxygen atoms in total. The number of rotatable bonds is 3. The van der Waals surface area contributed by atoms with E-state index in [9.17, 15) is 0 Å². The summed E-state index contributed by atoms with van der Waals surface area (Å²) in [5, 5.41) is 3.60. The van der Waals surface area contributed by atoms with Gasteiger partial charge in [-0.3, -0.25) is 0 Å². The molecular weight excluding hydrogens is 358 g/mol. The maximum Gasteiger partial charge on any atom is 0.142 e. The van der Waals surface area contributed by atoms with Crippen molar-refractivity contribution in [3.05, 3.63) is 43.5 Å². The molecule has 1 heterocycles. The SMILES string of the molecule is COc1ccc(Br)cc1NC1CCCc2sc(Cl)cc21. The molecule has 1 atom stereocenters. The minimum absolute atomic E-state index is 0.311. The van der Waals surface area contributed by atoms with Crippen molar-refractivity contribution in [3.8, 4) is 5.75 Å². The van der Waals surface area contributed by atoms with Gasteiger partial charge in [0.2, 0.25) is 0 Å². The Kier molecular flexibility index (Phi) is 4.24. The van der Waals surface area contributed by atoms with Gasteiger partial charge < -0.3 is 10.1 Å². The molecule has 1 aliphatic rings. The van der Waals surface area contributed by atoms with Gasteiger partial charge in [-0.25, -0.2) is 0 Å². The number of nitrogens with one attached hydrogen (secondary N) is 1. The molecule has 3 rings (SSSR count). The summed E-state index contributed by atoms with van der Waals surface area (Å²) >= 11 is 11.4. The molecule has 106 valence electrons. The second-order valence-corrected chi connectivity index (χ2v) is 7.55. The molecule has 0 bridgehead atoms. The number of anilines is 1. The van der Waals surface area contributed by atoms with E-state index in [4.69, 9.17) is 16.3 Å². The molecule has 0 amide bonds. The Morgan fingerprint density at radius 1 is 1.40 bits per heavy atom.